The van der Waals surface area contributed by atoms with E-state index in [-0.39, 0.29) is 0 Å². The molecule has 4 heterocycles. The maximum absolute atomic E-state index is 4.78. The predicted octanol–water partition coefficient (Wildman–Crippen LogP) is 2.46. The molecule has 0 amide bonds. The highest BCUT2D eigenvalue weighted by molar-refractivity contribution is 5.48. The van der Waals surface area contributed by atoms with Gasteiger partial charge in [-0.15, -0.1) is 15.3 Å². The maximum Gasteiger partial charge on any atom is 0.178 e. The summed E-state index contributed by atoms with van der Waals surface area (Å²) >= 11 is 0. The van der Waals surface area contributed by atoms with Crippen molar-refractivity contribution in [2.75, 3.05) is 29.9 Å². The number of fused-ring (bicyclic) bond motifs is 1. The molecule has 0 bridgehead atoms. The quantitative estimate of drug-likeness (QED) is 0.719. The third kappa shape index (κ3) is 3.20. The van der Waals surface area contributed by atoms with E-state index in [1.165, 1.54) is 12.8 Å². The molecule has 2 aliphatic rings. The van der Waals surface area contributed by atoms with Crippen LogP contribution in [0.1, 0.15) is 50.2 Å². The summed E-state index contributed by atoms with van der Waals surface area (Å²) in [6, 6.07) is 5.99. The van der Waals surface area contributed by atoms with Gasteiger partial charge < -0.3 is 10.2 Å². The second kappa shape index (κ2) is 6.44. The molecule has 3 aromatic heterocycles. The average molecular weight is 364 g/mol. The van der Waals surface area contributed by atoms with Gasteiger partial charge in [-0.05, 0) is 31.0 Å². The second-order valence-corrected chi connectivity index (χ2v) is 7.90. The Balaban J connectivity index is 1.20. The lowest BCUT2D eigenvalue weighted by atomic mass is 10.0. The SMILES string of the molecule is CC(C)c1nccc(NCC2CN(c3ccc4nnc(C5CC5)n4n3)C2)n1. The van der Waals surface area contributed by atoms with Crippen LogP contribution >= 0.6 is 0 Å². The number of nitrogens with zero attached hydrogens (tertiary/aromatic N) is 7. The van der Waals surface area contributed by atoms with Gasteiger partial charge in [0, 0.05) is 43.6 Å². The van der Waals surface area contributed by atoms with E-state index in [4.69, 9.17) is 5.10 Å². The van der Waals surface area contributed by atoms with Gasteiger partial charge in [-0.2, -0.15) is 4.52 Å². The van der Waals surface area contributed by atoms with Crippen LogP contribution in [0.25, 0.3) is 5.65 Å². The molecule has 3 aromatic rings. The number of hydrogen-bond donors (Lipinski definition) is 1. The Labute approximate surface area is 158 Å². The van der Waals surface area contributed by atoms with Crippen molar-refractivity contribution in [1.29, 1.82) is 0 Å². The molecule has 8 heteroatoms. The molecule has 0 atom stereocenters. The first-order chi connectivity index (χ1) is 13.2. The molecule has 0 radical (unpaired) electrons. The molecule has 0 unspecified atom stereocenters. The van der Waals surface area contributed by atoms with Crippen LogP contribution in [-0.4, -0.2) is 49.4 Å². The van der Waals surface area contributed by atoms with E-state index in [1.807, 2.05) is 28.9 Å². The second-order valence-electron chi connectivity index (χ2n) is 7.90. The highest BCUT2D eigenvalue weighted by atomic mass is 15.4. The van der Waals surface area contributed by atoms with Crippen molar-refractivity contribution in [2.24, 2.45) is 5.92 Å². The maximum atomic E-state index is 4.78. The predicted molar refractivity (Wildman–Crippen MR) is 103 cm³/mol. The van der Waals surface area contributed by atoms with Crippen molar-refractivity contribution in [3.63, 3.8) is 0 Å². The third-order valence-electron chi connectivity index (χ3n) is 5.26. The van der Waals surface area contributed by atoms with Gasteiger partial charge in [0.1, 0.15) is 17.5 Å². The molecule has 140 valence electrons. The zero-order valence-electron chi connectivity index (χ0n) is 15.7. The lowest BCUT2D eigenvalue weighted by Gasteiger charge is -2.40. The van der Waals surface area contributed by atoms with Gasteiger partial charge in [-0.25, -0.2) is 9.97 Å². The van der Waals surface area contributed by atoms with Gasteiger partial charge in [0.25, 0.3) is 0 Å². The Bertz CT molecular complexity index is 955. The molecule has 8 nitrogen and oxygen atoms in total. The Morgan fingerprint density at radius 1 is 1.15 bits per heavy atom. The van der Waals surface area contributed by atoms with E-state index < -0.39 is 0 Å². The van der Waals surface area contributed by atoms with Gasteiger partial charge in [0.05, 0.1) is 0 Å². The smallest absolute Gasteiger partial charge is 0.178 e. The van der Waals surface area contributed by atoms with E-state index in [2.05, 4.69) is 44.2 Å². The van der Waals surface area contributed by atoms with Crippen molar-refractivity contribution in [3.05, 3.63) is 36.0 Å². The minimum Gasteiger partial charge on any atom is -0.370 e. The van der Waals surface area contributed by atoms with E-state index in [0.29, 0.717) is 17.8 Å². The van der Waals surface area contributed by atoms with Crippen LogP contribution in [0, 0.1) is 5.92 Å². The van der Waals surface area contributed by atoms with Crippen LogP contribution in [0.4, 0.5) is 11.6 Å². The third-order valence-corrected chi connectivity index (χ3v) is 5.26. The molecule has 2 fully saturated rings. The molecule has 1 saturated carbocycles. The molecule has 1 aliphatic carbocycles. The fourth-order valence-electron chi connectivity index (χ4n) is 3.45. The Kier molecular flexibility index (Phi) is 3.91. The topological polar surface area (TPSA) is 84.1 Å². The lowest BCUT2D eigenvalue weighted by Crippen LogP contribution is -2.50. The number of hydrogen-bond acceptors (Lipinski definition) is 7. The van der Waals surface area contributed by atoms with Crippen molar-refractivity contribution in [3.8, 4) is 0 Å². The zero-order chi connectivity index (χ0) is 18.4. The first-order valence-corrected chi connectivity index (χ1v) is 9.71. The van der Waals surface area contributed by atoms with Crippen LogP contribution in [0.3, 0.4) is 0 Å². The first-order valence-electron chi connectivity index (χ1n) is 9.71. The van der Waals surface area contributed by atoms with Gasteiger partial charge in [-0.1, -0.05) is 13.8 Å². The molecule has 5 rings (SSSR count). The molecule has 0 spiro atoms. The Hall–Kier alpha value is -2.77. The molecule has 1 saturated heterocycles. The van der Waals surface area contributed by atoms with E-state index in [0.717, 1.165) is 48.6 Å². The standard InChI is InChI=1S/C19H24N8/c1-12(2)18-20-8-7-15(22-18)21-9-13-10-26(11-13)17-6-5-16-23-24-19(14-3-4-14)27(16)25-17/h5-8,12-14H,3-4,9-11H2,1-2H3,(H,20,21,22). The van der Waals surface area contributed by atoms with Crippen molar-refractivity contribution < 1.29 is 0 Å². The molecule has 27 heavy (non-hydrogen) atoms. The summed E-state index contributed by atoms with van der Waals surface area (Å²) in [4.78, 5) is 11.2. The zero-order valence-corrected chi connectivity index (χ0v) is 15.7. The summed E-state index contributed by atoms with van der Waals surface area (Å²) in [7, 11) is 0. The highest BCUT2D eigenvalue weighted by Crippen LogP contribution is 2.38. The van der Waals surface area contributed by atoms with Gasteiger partial charge in [-0.3, -0.25) is 0 Å². The summed E-state index contributed by atoms with van der Waals surface area (Å²) in [6.45, 7) is 7.12. The summed E-state index contributed by atoms with van der Waals surface area (Å²) in [5.74, 6) is 5.27. The minimum absolute atomic E-state index is 0.338. The van der Waals surface area contributed by atoms with Crippen LogP contribution in [0.15, 0.2) is 24.4 Å². The van der Waals surface area contributed by atoms with Crippen LogP contribution in [-0.2, 0) is 0 Å². The fraction of sp³-hybridized carbons (Fsp3) is 0.526. The number of rotatable bonds is 6. The Morgan fingerprint density at radius 3 is 2.78 bits per heavy atom. The molecule has 0 aromatic carbocycles. The van der Waals surface area contributed by atoms with Gasteiger partial charge >= 0.3 is 0 Å². The summed E-state index contributed by atoms with van der Waals surface area (Å²) in [6.07, 6.45) is 4.23. The van der Waals surface area contributed by atoms with Crippen LogP contribution in [0.5, 0.6) is 0 Å². The minimum atomic E-state index is 0.338. The number of anilines is 2. The summed E-state index contributed by atoms with van der Waals surface area (Å²) < 4.78 is 1.92. The molecule has 1 N–H and O–H groups in total. The fourth-order valence-corrected chi connectivity index (χ4v) is 3.45. The summed E-state index contributed by atoms with van der Waals surface area (Å²) in [5, 5.41) is 16.8. The monoisotopic (exact) mass is 364 g/mol. The largest absolute Gasteiger partial charge is 0.370 e. The molecular weight excluding hydrogens is 340 g/mol. The first kappa shape index (κ1) is 16.4. The van der Waals surface area contributed by atoms with Crippen LogP contribution in [0.2, 0.25) is 0 Å². The highest BCUT2D eigenvalue weighted by Gasteiger charge is 2.31. The van der Waals surface area contributed by atoms with Crippen LogP contribution < -0.4 is 10.2 Å². The summed E-state index contributed by atoms with van der Waals surface area (Å²) in [5.41, 5.74) is 0.837. The van der Waals surface area contributed by atoms with E-state index in [9.17, 15) is 0 Å². The number of aromatic nitrogens is 6. The van der Waals surface area contributed by atoms with Gasteiger partial charge in [0.15, 0.2) is 11.5 Å². The van der Waals surface area contributed by atoms with E-state index >= 15 is 0 Å². The van der Waals surface area contributed by atoms with Crippen molar-refractivity contribution >= 4 is 17.3 Å². The average Bonchev–Trinajstić information content (AvgIpc) is 3.40. The van der Waals surface area contributed by atoms with E-state index in [1.54, 1.807) is 0 Å². The van der Waals surface area contributed by atoms with Gasteiger partial charge in [0.2, 0.25) is 0 Å². The number of nitrogens with one attached hydrogen (secondary N) is 1. The van der Waals surface area contributed by atoms with Crippen molar-refractivity contribution in [2.45, 2.75) is 38.5 Å². The van der Waals surface area contributed by atoms with Crippen molar-refractivity contribution in [1.82, 2.24) is 29.8 Å². The molecular formula is C19H24N8. The molecule has 1 aliphatic heterocycles. The normalized spacial score (nSPS) is 17.5. The lowest BCUT2D eigenvalue weighted by molar-refractivity contribution is 0.424. The Morgan fingerprint density at radius 2 is 2.00 bits per heavy atom.